The molecule has 2 aromatic rings. The zero-order chi connectivity index (χ0) is 21.0. The van der Waals surface area contributed by atoms with Gasteiger partial charge in [-0.05, 0) is 49.6 Å². The van der Waals surface area contributed by atoms with Crippen molar-refractivity contribution in [1.29, 1.82) is 0 Å². The van der Waals surface area contributed by atoms with Crippen LogP contribution in [0.4, 0.5) is 0 Å². The predicted octanol–water partition coefficient (Wildman–Crippen LogP) is 4.06. The van der Waals surface area contributed by atoms with Gasteiger partial charge < -0.3 is 10.1 Å². The maximum atomic E-state index is 12.9. The maximum absolute atomic E-state index is 12.9. The van der Waals surface area contributed by atoms with Crippen LogP contribution < -0.4 is 14.8 Å². The van der Waals surface area contributed by atoms with Crippen molar-refractivity contribution in [3.05, 3.63) is 58.6 Å². The van der Waals surface area contributed by atoms with Crippen molar-refractivity contribution in [3.8, 4) is 5.75 Å². The van der Waals surface area contributed by atoms with Gasteiger partial charge in [-0.15, -0.1) is 0 Å². The van der Waals surface area contributed by atoms with Gasteiger partial charge in [0.05, 0.1) is 13.2 Å². The number of ether oxygens (including phenoxy) is 1. The number of nitrogens with one attached hydrogen (secondary N) is 2. The average molecular weight is 437 g/mol. The first-order chi connectivity index (χ1) is 13.8. The molecule has 0 radical (unpaired) electrons. The summed E-state index contributed by atoms with van der Waals surface area (Å²) in [5.74, 6) is -0.191. The van der Waals surface area contributed by atoms with Crippen molar-refractivity contribution < 1.29 is 17.9 Å². The molecule has 29 heavy (non-hydrogen) atoms. The Balaban J connectivity index is 1.83. The molecule has 0 saturated heterocycles. The minimum absolute atomic E-state index is 0.0371. The molecule has 0 spiro atoms. The fourth-order valence-corrected chi connectivity index (χ4v) is 5.34. The molecule has 1 unspecified atom stereocenters. The van der Waals surface area contributed by atoms with E-state index in [1.54, 1.807) is 12.1 Å². The summed E-state index contributed by atoms with van der Waals surface area (Å²) < 4.78 is 33.7. The number of carbonyl (C=O) groups is 1. The molecule has 1 aliphatic rings. The average Bonchev–Trinajstić information content (AvgIpc) is 3.20. The van der Waals surface area contributed by atoms with E-state index in [2.05, 4.69) is 10.0 Å². The molecule has 0 heterocycles. The molecule has 0 bridgehead atoms. The van der Waals surface area contributed by atoms with Crippen molar-refractivity contribution in [1.82, 2.24) is 10.0 Å². The van der Waals surface area contributed by atoms with Crippen molar-refractivity contribution in [3.63, 3.8) is 0 Å². The topological polar surface area (TPSA) is 84.5 Å². The third kappa shape index (κ3) is 5.10. The van der Waals surface area contributed by atoms with Crippen LogP contribution in [0, 0.1) is 0 Å². The van der Waals surface area contributed by atoms with E-state index in [1.807, 2.05) is 25.1 Å². The number of sulfonamides is 1. The van der Waals surface area contributed by atoms with Crippen LogP contribution in [0.1, 0.15) is 54.6 Å². The van der Waals surface area contributed by atoms with Crippen LogP contribution >= 0.6 is 11.6 Å². The summed E-state index contributed by atoms with van der Waals surface area (Å²) in [6, 6.07) is 11.2. The van der Waals surface area contributed by atoms with E-state index >= 15 is 0 Å². The summed E-state index contributed by atoms with van der Waals surface area (Å²) in [7, 11) is -2.40. The smallest absolute Gasteiger partial charge is 0.251 e. The monoisotopic (exact) mass is 436 g/mol. The van der Waals surface area contributed by atoms with Crippen LogP contribution in [0.25, 0.3) is 0 Å². The van der Waals surface area contributed by atoms with Crippen LogP contribution in [0.5, 0.6) is 5.75 Å². The number of methoxy groups -OCH3 is 1. The third-order valence-electron chi connectivity index (χ3n) is 5.11. The highest BCUT2D eigenvalue weighted by Gasteiger charge is 2.27. The number of hydrogen-bond donors (Lipinski definition) is 2. The first-order valence-electron chi connectivity index (χ1n) is 9.57. The molecule has 156 valence electrons. The van der Waals surface area contributed by atoms with Crippen LogP contribution in [0.15, 0.2) is 47.4 Å². The molecular formula is C21H25ClN2O4S. The fraction of sp³-hybridized carbons (Fsp3) is 0.381. The Morgan fingerprint density at radius 2 is 1.86 bits per heavy atom. The first kappa shape index (κ1) is 21.6. The zero-order valence-electron chi connectivity index (χ0n) is 16.4. The number of benzene rings is 2. The minimum Gasteiger partial charge on any atom is -0.495 e. The number of carbonyl (C=O) groups excluding carboxylic acids is 1. The molecular weight excluding hydrogens is 412 g/mol. The molecule has 2 aromatic carbocycles. The molecule has 8 heteroatoms. The lowest BCUT2D eigenvalue weighted by Gasteiger charge is -2.18. The Morgan fingerprint density at radius 1 is 1.17 bits per heavy atom. The van der Waals surface area contributed by atoms with E-state index < -0.39 is 15.9 Å². The molecule has 1 amide bonds. The Morgan fingerprint density at radius 3 is 2.52 bits per heavy atom. The highest BCUT2D eigenvalue weighted by molar-refractivity contribution is 7.89. The molecule has 1 fully saturated rings. The van der Waals surface area contributed by atoms with E-state index in [1.165, 1.54) is 19.2 Å². The second-order valence-corrected chi connectivity index (χ2v) is 9.27. The van der Waals surface area contributed by atoms with Gasteiger partial charge in [0.15, 0.2) is 0 Å². The molecule has 0 aliphatic heterocycles. The Kier molecular flexibility index (Phi) is 6.82. The third-order valence-corrected chi connectivity index (χ3v) is 7.00. The van der Waals surface area contributed by atoms with Crippen LogP contribution in [0.3, 0.4) is 0 Å². The van der Waals surface area contributed by atoms with E-state index in [9.17, 15) is 13.2 Å². The molecule has 0 aromatic heterocycles. The second kappa shape index (κ2) is 9.15. The van der Waals surface area contributed by atoms with Gasteiger partial charge in [0, 0.05) is 16.6 Å². The molecule has 3 rings (SSSR count). The summed E-state index contributed by atoms with van der Waals surface area (Å²) in [4.78, 5) is 12.7. The zero-order valence-corrected chi connectivity index (χ0v) is 18.0. The Bertz CT molecular complexity index is 988. The lowest BCUT2D eigenvalue weighted by Crippen LogP contribution is -2.33. The van der Waals surface area contributed by atoms with Crippen molar-refractivity contribution in [2.45, 2.75) is 49.6 Å². The van der Waals surface area contributed by atoms with Gasteiger partial charge in [0.2, 0.25) is 10.0 Å². The highest BCUT2D eigenvalue weighted by Crippen LogP contribution is 2.28. The van der Waals surface area contributed by atoms with E-state index in [-0.39, 0.29) is 28.3 Å². The summed E-state index contributed by atoms with van der Waals surface area (Å²) in [6.45, 7) is 1.82. The summed E-state index contributed by atoms with van der Waals surface area (Å²) in [5.41, 5.74) is 1.02. The van der Waals surface area contributed by atoms with E-state index in [4.69, 9.17) is 16.3 Å². The van der Waals surface area contributed by atoms with Gasteiger partial charge in [-0.2, -0.15) is 0 Å². The number of halogens is 1. The van der Waals surface area contributed by atoms with Crippen LogP contribution in [0.2, 0.25) is 5.02 Å². The number of hydrogen-bond acceptors (Lipinski definition) is 4. The molecule has 6 nitrogen and oxygen atoms in total. The second-order valence-electron chi connectivity index (χ2n) is 7.18. The van der Waals surface area contributed by atoms with Crippen molar-refractivity contribution in [2.24, 2.45) is 0 Å². The van der Waals surface area contributed by atoms with Gasteiger partial charge in [-0.1, -0.05) is 42.6 Å². The van der Waals surface area contributed by atoms with Gasteiger partial charge in [-0.25, -0.2) is 13.1 Å². The van der Waals surface area contributed by atoms with E-state index in [0.29, 0.717) is 5.02 Å². The van der Waals surface area contributed by atoms with E-state index in [0.717, 1.165) is 31.2 Å². The Labute approximate surface area is 176 Å². The van der Waals surface area contributed by atoms with Crippen LogP contribution in [-0.2, 0) is 10.0 Å². The largest absolute Gasteiger partial charge is 0.495 e. The molecule has 1 aliphatic carbocycles. The normalized spacial score (nSPS) is 15.8. The minimum atomic E-state index is -3.81. The lowest BCUT2D eigenvalue weighted by atomic mass is 10.1. The summed E-state index contributed by atoms with van der Waals surface area (Å²) in [5, 5.41) is 3.42. The standard InChI is InChI=1S/C21H25ClN2O4S/c1-14(17-9-5-6-10-18(17)22)23-21(25)15-11-12-19(28-2)20(13-15)29(26,27)24-16-7-3-4-8-16/h5-6,9-14,16,24H,3-4,7-8H2,1-2H3,(H,23,25). The summed E-state index contributed by atoms with van der Waals surface area (Å²) in [6.07, 6.45) is 3.65. The van der Waals surface area contributed by atoms with Gasteiger partial charge >= 0.3 is 0 Å². The maximum Gasteiger partial charge on any atom is 0.251 e. The highest BCUT2D eigenvalue weighted by atomic mass is 35.5. The molecule has 1 atom stereocenters. The predicted molar refractivity (Wildman–Crippen MR) is 113 cm³/mol. The Hall–Kier alpha value is -2.09. The number of rotatable bonds is 7. The summed E-state index contributed by atoms with van der Waals surface area (Å²) >= 11 is 6.20. The van der Waals surface area contributed by atoms with Crippen LogP contribution in [-0.4, -0.2) is 27.5 Å². The molecule has 2 N–H and O–H groups in total. The van der Waals surface area contributed by atoms with Gasteiger partial charge in [-0.3, -0.25) is 4.79 Å². The van der Waals surface area contributed by atoms with Crippen molar-refractivity contribution >= 4 is 27.5 Å². The fourth-order valence-electron chi connectivity index (χ4n) is 3.54. The van der Waals surface area contributed by atoms with Gasteiger partial charge in [0.1, 0.15) is 10.6 Å². The lowest BCUT2D eigenvalue weighted by molar-refractivity contribution is 0.0939. The number of amides is 1. The van der Waals surface area contributed by atoms with Gasteiger partial charge in [0.25, 0.3) is 5.91 Å². The SMILES string of the molecule is COc1ccc(C(=O)NC(C)c2ccccc2Cl)cc1S(=O)(=O)NC1CCCC1. The quantitative estimate of drug-likeness (QED) is 0.685. The molecule has 1 saturated carbocycles. The first-order valence-corrected chi connectivity index (χ1v) is 11.4. The van der Waals surface area contributed by atoms with Crippen molar-refractivity contribution in [2.75, 3.05) is 7.11 Å².